The number of rotatable bonds is 1. The first kappa shape index (κ1) is 13.7. The van der Waals surface area contributed by atoms with E-state index in [-0.39, 0.29) is 5.91 Å². The van der Waals surface area contributed by atoms with Gasteiger partial charge in [-0.05, 0) is 31.5 Å². The number of carbonyl (C=O) groups excluding carboxylic acids is 1. The van der Waals surface area contributed by atoms with Gasteiger partial charge in [-0.1, -0.05) is 12.1 Å². The van der Waals surface area contributed by atoms with Crippen molar-refractivity contribution in [2.24, 2.45) is 7.05 Å². The van der Waals surface area contributed by atoms with Crippen LogP contribution < -0.4 is 9.80 Å². The smallest absolute Gasteiger partial charge is 0.278 e. The van der Waals surface area contributed by atoms with Gasteiger partial charge >= 0.3 is 0 Å². The van der Waals surface area contributed by atoms with E-state index in [1.165, 1.54) is 0 Å². The van der Waals surface area contributed by atoms with E-state index < -0.39 is 0 Å². The summed E-state index contributed by atoms with van der Waals surface area (Å²) in [4.78, 5) is 16.9. The molecule has 0 saturated carbocycles. The fourth-order valence-electron chi connectivity index (χ4n) is 2.74. The summed E-state index contributed by atoms with van der Waals surface area (Å²) in [5.74, 6) is -0.0264. The molecule has 0 fully saturated rings. The van der Waals surface area contributed by atoms with E-state index in [9.17, 15) is 4.79 Å². The number of aryl methyl sites for hydroxylation is 2. The lowest BCUT2D eigenvalue weighted by atomic mass is 10.2. The van der Waals surface area contributed by atoms with E-state index in [1.54, 1.807) is 4.68 Å². The first-order valence-electron chi connectivity index (χ1n) is 7.20. The standard InChI is InChI=1S/C16H20N4O/c1-12-11-13(17-19(12)3)16(21)20-10-6-9-18(2)14-7-4-5-8-15(14)20/h4-5,7-8,11H,6,9-10H2,1-3H3. The highest BCUT2D eigenvalue weighted by Gasteiger charge is 2.25. The van der Waals surface area contributed by atoms with Crippen molar-refractivity contribution in [3.63, 3.8) is 0 Å². The zero-order valence-electron chi connectivity index (χ0n) is 12.7. The van der Waals surface area contributed by atoms with Crippen molar-refractivity contribution in [3.8, 4) is 0 Å². The molecule has 0 atom stereocenters. The molecule has 2 heterocycles. The molecule has 0 unspecified atom stereocenters. The number of hydrogen-bond acceptors (Lipinski definition) is 3. The molecule has 0 saturated heterocycles. The van der Waals surface area contributed by atoms with Crippen LogP contribution in [-0.2, 0) is 7.05 Å². The van der Waals surface area contributed by atoms with Crippen LogP contribution in [0.25, 0.3) is 0 Å². The molecule has 1 aromatic carbocycles. The van der Waals surface area contributed by atoms with Gasteiger partial charge in [0.25, 0.3) is 5.91 Å². The van der Waals surface area contributed by atoms with Crippen LogP contribution in [0, 0.1) is 6.92 Å². The lowest BCUT2D eigenvalue weighted by molar-refractivity contribution is 0.0982. The van der Waals surface area contributed by atoms with Crippen LogP contribution >= 0.6 is 0 Å². The summed E-state index contributed by atoms with van der Waals surface area (Å²) in [5.41, 5.74) is 3.55. The zero-order valence-corrected chi connectivity index (χ0v) is 12.7. The third-order valence-corrected chi connectivity index (χ3v) is 4.04. The molecule has 21 heavy (non-hydrogen) atoms. The summed E-state index contributed by atoms with van der Waals surface area (Å²) < 4.78 is 1.74. The van der Waals surface area contributed by atoms with Crippen LogP contribution in [0.5, 0.6) is 0 Å². The van der Waals surface area contributed by atoms with Gasteiger partial charge in [0.1, 0.15) is 0 Å². The van der Waals surface area contributed by atoms with Gasteiger partial charge in [-0.2, -0.15) is 5.10 Å². The van der Waals surface area contributed by atoms with Crippen molar-refractivity contribution in [1.82, 2.24) is 9.78 Å². The predicted molar refractivity (Wildman–Crippen MR) is 84.0 cm³/mol. The van der Waals surface area contributed by atoms with E-state index in [0.717, 1.165) is 36.6 Å². The summed E-state index contributed by atoms with van der Waals surface area (Å²) in [6.07, 6.45) is 0.947. The Morgan fingerprint density at radius 1 is 1.14 bits per heavy atom. The number of amides is 1. The third kappa shape index (κ3) is 2.39. The van der Waals surface area contributed by atoms with Crippen molar-refractivity contribution in [2.45, 2.75) is 13.3 Å². The Balaban J connectivity index is 2.01. The molecule has 0 spiro atoms. The van der Waals surface area contributed by atoms with Crippen LogP contribution in [-0.4, -0.2) is 35.8 Å². The normalized spacial score (nSPS) is 14.8. The van der Waals surface area contributed by atoms with Gasteiger partial charge in [-0.15, -0.1) is 0 Å². The highest BCUT2D eigenvalue weighted by atomic mass is 16.2. The van der Waals surface area contributed by atoms with Gasteiger partial charge in [0.2, 0.25) is 0 Å². The second kappa shape index (κ2) is 5.24. The number of anilines is 2. The molecular formula is C16H20N4O. The van der Waals surface area contributed by atoms with E-state index >= 15 is 0 Å². The van der Waals surface area contributed by atoms with Crippen molar-refractivity contribution in [1.29, 1.82) is 0 Å². The Labute approximate surface area is 124 Å². The van der Waals surface area contributed by atoms with Crippen LogP contribution in [0.4, 0.5) is 11.4 Å². The van der Waals surface area contributed by atoms with E-state index in [1.807, 2.05) is 43.1 Å². The third-order valence-electron chi connectivity index (χ3n) is 4.04. The SMILES string of the molecule is Cc1cc(C(=O)N2CCCN(C)c3ccccc32)nn1C. The molecule has 1 aliphatic heterocycles. The first-order chi connectivity index (χ1) is 10.1. The minimum atomic E-state index is -0.0264. The van der Waals surface area contributed by atoms with E-state index in [0.29, 0.717) is 5.69 Å². The molecule has 0 aliphatic carbocycles. The minimum Gasteiger partial charge on any atom is -0.373 e. The zero-order chi connectivity index (χ0) is 15.0. The molecule has 2 aromatic rings. The number of hydrogen-bond donors (Lipinski definition) is 0. The fourth-order valence-corrected chi connectivity index (χ4v) is 2.74. The van der Waals surface area contributed by atoms with Crippen molar-refractivity contribution in [2.75, 3.05) is 29.9 Å². The molecule has 1 aliphatic rings. The second-order valence-electron chi connectivity index (χ2n) is 5.52. The Bertz CT molecular complexity index is 657. The summed E-state index contributed by atoms with van der Waals surface area (Å²) in [6.45, 7) is 3.62. The molecular weight excluding hydrogens is 264 g/mol. The Morgan fingerprint density at radius 2 is 1.86 bits per heavy atom. The maximum absolute atomic E-state index is 12.8. The number of nitrogens with zero attached hydrogens (tertiary/aromatic N) is 4. The average molecular weight is 284 g/mol. The average Bonchev–Trinajstić information content (AvgIpc) is 2.73. The maximum Gasteiger partial charge on any atom is 0.278 e. The molecule has 0 N–H and O–H groups in total. The largest absolute Gasteiger partial charge is 0.373 e. The fraction of sp³-hybridized carbons (Fsp3) is 0.375. The van der Waals surface area contributed by atoms with Crippen LogP contribution in [0.3, 0.4) is 0 Å². The van der Waals surface area contributed by atoms with Gasteiger partial charge in [-0.3, -0.25) is 9.48 Å². The second-order valence-corrected chi connectivity index (χ2v) is 5.52. The van der Waals surface area contributed by atoms with Gasteiger partial charge in [0.15, 0.2) is 5.69 Å². The highest BCUT2D eigenvalue weighted by molar-refractivity contribution is 6.06. The van der Waals surface area contributed by atoms with Crippen molar-refractivity contribution >= 4 is 17.3 Å². The van der Waals surface area contributed by atoms with Crippen molar-refractivity contribution in [3.05, 3.63) is 41.7 Å². The monoisotopic (exact) mass is 284 g/mol. The number of para-hydroxylation sites is 2. The van der Waals surface area contributed by atoms with Gasteiger partial charge < -0.3 is 9.80 Å². The summed E-state index contributed by atoms with van der Waals surface area (Å²) >= 11 is 0. The summed E-state index contributed by atoms with van der Waals surface area (Å²) in [6, 6.07) is 9.89. The molecule has 3 rings (SSSR count). The topological polar surface area (TPSA) is 41.4 Å². The minimum absolute atomic E-state index is 0.0264. The molecule has 110 valence electrons. The molecule has 0 bridgehead atoms. The Kier molecular flexibility index (Phi) is 3.41. The highest BCUT2D eigenvalue weighted by Crippen LogP contribution is 2.32. The Morgan fingerprint density at radius 3 is 2.52 bits per heavy atom. The number of fused-ring (bicyclic) bond motifs is 1. The van der Waals surface area contributed by atoms with E-state index in [2.05, 4.69) is 23.1 Å². The van der Waals surface area contributed by atoms with Crippen LogP contribution in [0.1, 0.15) is 22.6 Å². The maximum atomic E-state index is 12.8. The molecule has 1 aromatic heterocycles. The molecule has 0 radical (unpaired) electrons. The summed E-state index contributed by atoms with van der Waals surface area (Å²) in [7, 11) is 3.92. The van der Waals surface area contributed by atoms with E-state index in [4.69, 9.17) is 0 Å². The lowest BCUT2D eigenvalue weighted by Gasteiger charge is -2.23. The van der Waals surface area contributed by atoms with Gasteiger partial charge in [0.05, 0.1) is 11.4 Å². The molecule has 1 amide bonds. The lowest BCUT2D eigenvalue weighted by Crippen LogP contribution is -2.31. The van der Waals surface area contributed by atoms with Crippen LogP contribution in [0.2, 0.25) is 0 Å². The number of carbonyl (C=O) groups is 1. The van der Waals surface area contributed by atoms with Gasteiger partial charge in [-0.25, -0.2) is 0 Å². The van der Waals surface area contributed by atoms with Gasteiger partial charge in [0, 0.05) is 32.9 Å². The number of aromatic nitrogens is 2. The molecule has 5 nitrogen and oxygen atoms in total. The predicted octanol–water partition coefficient (Wildman–Crippen LogP) is 2.22. The molecule has 5 heteroatoms. The Hall–Kier alpha value is -2.30. The van der Waals surface area contributed by atoms with Crippen molar-refractivity contribution < 1.29 is 4.79 Å². The number of benzene rings is 1. The van der Waals surface area contributed by atoms with Crippen LogP contribution in [0.15, 0.2) is 30.3 Å². The quantitative estimate of drug-likeness (QED) is 0.806. The first-order valence-corrected chi connectivity index (χ1v) is 7.20. The summed E-state index contributed by atoms with van der Waals surface area (Å²) in [5, 5.41) is 4.32.